The van der Waals surface area contributed by atoms with Gasteiger partial charge in [0.05, 0.1) is 0 Å². The first-order valence-electron chi connectivity index (χ1n) is 7.41. The van der Waals surface area contributed by atoms with Crippen LogP contribution in [0.3, 0.4) is 0 Å². The van der Waals surface area contributed by atoms with Crippen LogP contribution in [0.1, 0.15) is 24.3 Å². The van der Waals surface area contributed by atoms with Crippen molar-refractivity contribution in [1.82, 2.24) is 4.90 Å². The van der Waals surface area contributed by atoms with Gasteiger partial charge < -0.3 is 9.47 Å². The van der Waals surface area contributed by atoms with Gasteiger partial charge in [-0.1, -0.05) is 60.7 Å². The molecule has 0 spiro atoms. The van der Waals surface area contributed by atoms with Crippen LogP contribution in [0.15, 0.2) is 60.7 Å². The Balaban J connectivity index is 1.75. The molecule has 118 valence electrons. The molecule has 0 N–H and O–H groups in total. The van der Waals surface area contributed by atoms with Crippen molar-refractivity contribution >= 4 is 12.1 Å². The Hall–Kier alpha value is -2.82. The summed E-state index contributed by atoms with van der Waals surface area (Å²) in [6.07, 6.45) is -1.32. The van der Waals surface area contributed by atoms with Gasteiger partial charge in [-0.05, 0) is 12.5 Å². The van der Waals surface area contributed by atoms with E-state index in [2.05, 4.69) is 0 Å². The van der Waals surface area contributed by atoms with Gasteiger partial charge in [-0.15, -0.1) is 0 Å². The molecule has 0 radical (unpaired) electrons. The fourth-order valence-corrected chi connectivity index (χ4v) is 2.48. The maximum Gasteiger partial charge on any atom is 0.414 e. The van der Waals surface area contributed by atoms with Crippen molar-refractivity contribution in [3.8, 4) is 0 Å². The number of amides is 1. The molecule has 2 aromatic carbocycles. The minimum Gasteiger partial charge on any atom is -0.444 e. The van der Waals surface area contributed by atoms with E-state index in [1.807, 2.05) is 60.7 Å². The standard InChI is InChI=1S/C18H17NO4/c1-13-17(20)23-16(15-10-6-3-7-11-15)19(13)18(21)22-12-14-8-4-2-5-9-14/h2-11,13,16H,12H2,1H3/t13-,16?/m0/s1. The Morgan fingerprint density at radius 2 is 1.70 bits per heavy atom. The highest BCUT2D eigenvalue weighted by Gasteiger charge is 2.44. The third-order valence-electron chi connectivity index (χ3n) is 3.74. The number of benzene rings is 2. The molecule has 1 aliphatic rings. The van der Waals surface area contributed by atoms with Crippen molar-refractivity contribution in [2.45, 2.75) is 25.8 Å². The maximum atomic E-state index is 12.4. The second kappa shape index (κ2) is 6.52. The lowest BCUT2D eigenvalue weighted by molar-refractivity contribution is -0.142. The summed E-state index contributed by atoms with van der Waals surface area (Å²) in [5.74, 6) is -0.435. The fraction of sp³-hybridized carbons (Fsp3) is 0.222. The van der Waals surface area contributed by atoms with E-state index in [1.165, 1.54) is 4.90 Å². The lowest BCUT2D eigenvalue weighted by Crippen LogP contribution is -2.38. The van der Waals surface area contributed by atoms with Gasteiger partial charge in [0.2, 0.25) is 6.23 Å². The summed E-state index contributed by atoms with van der Waals surface area (Å²) in [5.41, 5.74) is 1.62. The van der Waals surface area contributed by atoms with Gasteiger partial charge in [0, 0.05) is 5.56 Å². The van der Waals surface area contributed by atoms with Crippen LogP contribution in [0.4, 0.5) is 4.79 Å². The molecule has 0 aliphatic carbocycles. The van der Waals surface area contributed by atoms with E-state index >= 15 is 0 Å². The van der Waals surface area contributed by atoms with Crippen LogP contribution in [0.25, 0.3) is 0 Å². The van der Waals surface area contributed by atoms with Crippen molar-refractivity contribution in [2.24, 2.45) is 0 Å². The minimum absolute atomic E-state index is 0.151. The average molecular weight is 311 g/mol. The molecule has 5 heteroatoms. The average Bonchev–Trinajstić information content (AvgIpc) is 2.90. The van der Waals surface area contributed by atoms with Crippen LogP contribution in [-0.4, -0.2) is 23.0 Å². The van der Waals surface area contributed by atoms with Gasteiger partial charge in [0.15, 0.2) is 0 Å². The monoisotopic (exact) mass is 311 g/mol. The Kier molecular flexibility index (Phi) is 4.28. The highest BCUT2D eigenvalue weighted by molar-refractivity contribution is 5.84. The Morgan fingerprint density at radius 1 is 1.09 bits per heavy atom. The van der Waals surface area contributed by atoms with Crippen molar-refractivity contribution in [3.63, 3.8) is 0 Å². The third kappa shape index (κ3) is 3.18. The lowest BCUT2D eigenvalue weighted by Gasteiger charge is -2.24. The van der Waals surface area contributed by atoms with E-state index in [9.17, 15) is 9.59 Å². The first-order chi connectivity index (χ1) is 11.2. The molecule has 1 heterocycles. The molecule has 5 nitrogen and oxygen atoms in total. The summed E-state index contributed by atoms with van der Waals surface area (Å²) >= 11 is 0. The highest BCUT2D eigenvalue weighted by Crippen LogP contribution is 2.32. The molecule has 1 unspecified atom stereocenters. The number of cyclic esters (lactones) is 1. The molecule has 1 aliphatic heterocycles. The Labute approximate surface area is 134 Å². The predicted molar refractivity (Wildman–Crippen MR) is 83.2 cm³/mol. The largest absolute Gasteiger partial charge is 0.444 e. The van der Waals surface area contributed by atoms with E-state index in [-0.39, 0.29) is 6.61 Å². The van der Waals surface area contributed by atoms with E-state index < -0.39 is 24.3 Å². The first-order valence-corrected chi connectivity index (χ1v) is 7.41. The lowest BCUT2D eigenvalue weighted by atomic mass is 10.2. The van der Waals surface area contributed by atoms with Crippen molar-refractivity contribution in [2.75, 3.05) is 0 Å². The number of esters is 1. The molecule has 1 fully saturated rings. The van der Waals surface area contributed by atoms with Crippen molar-refractivity contribution in [3.05, 3.63) is 71.8 Å². The number of hydrogen-bond acceptors (Lipinski definition) is 4. The number of ether oxygens (including phenoxy) is 2. The molecule has 1 saturated heterocycles. The molecule has 2 atom stereocenters. The SMILES string of the molecule is C[C@H]1C(=O)OC(c2ccccc2)N1C(=O)OCc1ccccc1. The van der Waals surface area contributed by atoms with Crippen LogP contribution in [0.2, 0.25) is 0 Å². The fourth-order valence-electron chi connectivity index (χ4n) is 2.48. The molecule has 0 aromatic heterocycles. The zero-order chi connectivity index (χ0) is 16.2. The normalized spacial score (nSPS) is 20.2. The number of carbonyl (C=O) groups is 2. The van der Waals surface area contributed by atoms with Crippen LogP contribution in [0.5, 0.6) is 0 Å². The van der Waals surface area contributed by atoms with Gasteiger partial charge in [0.1, 0.15) is 12.6 Å². The second-order valence-corrected chi connectivity index (χ2v) is 5.32. The highest BCUT2D eigenvalue weighted by atomic mass is 16.6. The van der Waals surface area contributed by atoms with Gasteiger partial charge in [-0.3, -0.25) is 4.90 Å². The Bertz CT molecular complexity index is 687. The van der Waals surface area contributed by atoms with Crippen LogP contribution in [-0.2, 0) is 20.9 Å². The second-order valence-electron chi connectivity index (χ2n) is 5.32. The summed E-state index contributed by atoms with van der Waals surface area (Å²) < 4.78 is 10.7. The van der Waals surface area contributed by atoms with Crippen molar-refractivity contribution in [1.29, 1.82) is 0 Å². The molecular formula is C18H17NO4. The summed E-state index contributed by atoms with van der Waals surface area (Å²) in [6, 6.07) is 17.9. The molecule has 23 heavy (non-hydrogen) atoms. The summed E-state index contributed by atoms with van der Waals surface area (Å²) in [6.45, 7) is 1.79. The molecule has 3 rings (SSSR count). The van der Waals surface area contributed by atoms with Gasteiger partial charge in [-0.2, -0.15) is 0 Å². The number of carbonyl (C=O) groups excluding carboxylic acids is 2. The molecule has 2 aromatic rings. The predicted octanol–water partition coefficient (Wildman–Crippen LogP) is 3.27. The number of hydrogen-bond donors (Lipinski definition) is 0. The zero-order valence-corrected chi connectivity index (χ0v) is 12.7. The number of rotatable bonds is 3. The summed E-state index contributed by atoms with van der Waals surface area (Å²) in [4.78, 5) is 25.6. The van der Waals surface area contributed by atoms with Gasteiger partial charge >= 0.3 is 12.1 Å². The topological polar surface area (TPSA) is 55.8 Å². The Morgan fingerprint density at radius 3 is 2.35 bits per heavy atom. The van der Waals surface area contributed by atoms with E-state index in [0.717, 1.165) is 11.1 Å². The van der Waals surface area contributed by atoms with E-state index in [4.69, 9.17) is 9.47 Å². The minimum atomic E-state index is -0.748. The van der Waals surface area contributed by atoms with Crippen LogP contribution >= 0.6 is 0 Å². The first kappa shape index (κ1) is 15.1. The molecule has 1 amide bonds. The zero-order valence-electron chi connectivity index (χ0n) is 12.7. The number of nitrogens with zero attached hydrogens (tertiary/aromatic N) is 1. The summed E-state index contributed by atoms with van der Waals surface area (Å²) in [7, 11) is 0. The van der Waals surface area contributed by atoms with E-state index in [0.29, 0.717) is 0 Å². The third-order valence-corrected chi connectivity index (χ3v) is 3.74. The molecular weight excluding hydrogens is 294 g/mol. The quantitative estimate of drug-likeness (QED) is 0.816. The smallest absolute Gasteiger partial charge is 0.414 e. The molecule has 0 bridgehead atoms. The van der Waals surface area contributed by atoms with Crippen LogP contribution < -0.4 is 0 Å². The summed E-state index contributed by atoms with van der Waals surface area (Å²) in [5, 5.41) is 0. The van der Waals surface area contributed by atoms with E-state index in [1.54, 1.807) is 6.92 Å². The van der Waals surface area contributed by atoms with Crippen LogP contribution in [0, 0.1) is 0 Å². The van der Waals surface area contributed by atoms with Gasteiger partial charge in [0.25, 0.3) is 0 Å². The molecule has 0 saturated carbocycles. The maximum absolute atomic E-state index is 12.4. The van der Waals surface area contributed by atoms with Crippen molar-refractivity contribution < 1.29 is 19.1 Å². The van der Waals surface area contributed by atoms with Gasteiger partial charge in [-0.25, -0.2) is 9.59 Å².